The van der Waals surface area contributed by atoms with E-state index in [9.17, 15) is 14.4 Å². The number of hydrogen-bond donors (Lipinski definition) is 0. The zero-order chi connectivity index (χ0) is 14.0. The van der Waals surface area contributed by atoms with Crippen molar-refractivity contribution in [2.75, 3.05) is 25.7 Å². The lowest BCUT2D eigenvalue weighted by atomic mass is 10.1. The van der Waals surface area contributed by atoms with E-state index in [0.717, 1.165) is 0 Å². The fraction of sp³-hybridized carbons (Fsp3) is 0.417. The summed E-state index contributed by atoms with van der Waals surface area (Å²) >= 11 is 0. The van der Waals surface area contributed by atoms with Gasteiger partial charge in [0.2, 0.25) is 17.6 Å². The molecule has 102 valence electrons. The second-order valence-corrected chi connectivity index (χ2v) is 4.06. The van der Waals surface area contributed by atoms with E-state index >= 15 is 0 Å². The predicted octanol–water partition coefficient (Wildman–Crippen LogP) is 0.592. The van der Waals surface area contributed by atoms with Gasteiger partial charge in [-0.05, 0) is 6.07 Å². The maximum absolute atomic E-state index is 11.8. The highest BCUT2D eigenvalue weighted by Gasteiger charge is 2.37. The van der Waals surface area contributed by atoms with Gasteiger partial charge in [-0.25, -0.2) is 4.79 Å². The Morgan fingerprint density at radius 1 is 1.32 bits per heavy atom. The molecule has 7 heteroatoms. The number of carbonyl (C=O) groups excluding carboxylic acids is 3. The highest BCUT2D eigenvalue weighted by molar-refractivity contribution is 5.99. The molecule has 0 saturated carbocycles. The van der Waals surface area contributed by atoms with E-state index in [1.165, 1.54) is 31.3 Å². The average molecular weight is 267 g/mol. The number of anilines is 1. The van der Waals surface area contributed by atoms with E-state index in [1.807, 2.05) is 0 Å². The van der Waals surface area contributed by atoms with Crippen molar-refractivity contribution < 1.29 is 28.3 Å². The number of hydrogen-bond acceptors (Lipinski definition) is 6. The number of rotatable bonds is 3. The summed E-state index contributed by atoms with van der Waals surface area (Å²) in [7, 11) is 2.51. The number of amides is 1. The quantitative estimate of drug-likeness (QED) is 0.745. The summed E-state index contributed by atoms with van der Waals surface area (Å²) in [6, 6.07) is 2.91. The van der Waals surface area contributed by atoms with Gasteiger partial charge in [-0.15, -0.1) is 0 Å². The molecule has 1 atom stereocenters. The highest BCUT2D eigenvalue weighted by atomic mass is 16.5. The third kappa shape index (κ3) is 2.44. The Hall–Kier alpha value is -2.31. The Morgan fingerprint density at radius 3 is 2.68 bits per heavy atom. The minimum Gasteiger partial charge on any atom is -0.469 e. The van der Waals surface area contributed by atoms with Gasteiger partial charge >= 0.3 is 11.9 Å². The molecule has 0 N–H and O–H groups in total. The van der Waals surface area contributed by atoms with Gasteiger partial charge in [-0.2, -0.15) is 0 Å². The SMILES string of the molecule is COC(=O)c1ccc(N2CC(C(=O)OC)CC2=O)o1. The van der Waals surface area contributed by atoms with Crippen LogP contribution in [0.3, 0.4) is 0 Å². The van der Waals surface area contributed by atoms with Crippen LogP contribution in [0.4, 0.5) is 5.88 Å². The molecule has 2 rings (SSSR count). The van der Waals surface area contributed by atoms with Crippen molar-refractivity contribution >= 4 is 23.7 Å². The standard InChI is InChI=1S/C12H13NO6/c1-17-11(15)7-5-9(14)13(6-7)10-4-3-8(19-10)12(16)18-2/h3-4,7H,5-6H2,1-2H3. The van der Waals surface area contributed by atoms with Crippen molar-refractivity contribution in [3.63, 3.8) is 0 Å². The Balaban J connectivity index is 2.14. The van der Waals surface area contributed by atoms with Crippen LogP contribution in [0.1, 0.15) is 17.0 Å². The second-order valence-electron chi connectivity index (χ2n) is 4.06. The molecular weight excluding hydrogens is 254 g/mol. The Kier molecular flexibility index (Phi) is 3.55. The van der Waals surface area contributed by atoms with Crippen LogP contribution in [0.2, 0.25) is 0 Å². The zero-order valence-corrected chi connectivity index (χ0v) is 10.5. The molecule has 0 spiro atoms. The van der Waals surface area contributed by atoms with E-state index in [2.05, 4.69) is 9.47 Å². The molecule has 1 saturated heterocycles. The molecule has 1 unspecified atom stereocenters. The molecule has 19 heavy (non-hydrogen) atoms. The number of ether oxygens (including phenoxy) is 2. The van der Waals surface area contributed by atoms with Crippen LogP contribution in [-0.4, -0.2) is 38.6 Å². The summed E-state index contributed by atoms with van der Waals surface area (Å²) in [5.41, 5.74) is 0. The number of furan rings is 1. The summed E-state index contributed by atoms with van der Waals surface area (Å²) in [5, 5.41) is 0. The third-order valence-electron chi connectivity index (χ3n) is 2.90. The Labute approximate surface area is 109 Å². The molecule has 1 aliphatic heterocycles. The highest BCUT2D eigenvalue weighted by Crippen LogP contribution is 2.27. The van der Waals surface area contributed by atoms with Gasteiger partial charge in [0.1, 0.15) is 0 Å². The van der Waals surface area contributed by atoms with Crippen LogP contribution in [0.25, 0.3) is 0 Å². The molecule has 1 aliphatic rings. The van der Waals surface area contributed by atoms with Crippen molar-refractivity contribution in [3.05, 3.63) is 17.9 Å². The van der Waals surface area contributed by atoms with Crippen LogP contribution < -0.4 is 4.90 Å². The van der Waals surface area contributed by atoms with Crippen molar-refractivity contribution in [3.8, 4) is 0 Å². The first-order valence-electron chi connectivity index (χ1n) is 5.63. The molecule has 2 heterocycles. The summed E-state index contributed by atoms with van der Waals surface area (Å²) in [4.78, 5) is 35.7. The Bertz CT molecular complexity index is 520. The van der Waals surface area contributed by atoms with E-state index in [1.54, 1.807) is 0 Å². The average Bonchev–Trinajstić information content (AvgIpc) is 3.03. The molecule has 0 bridgehead atoms. The van der Waals surface area contributed by atoms with Crippen LogP contribution in [-0.2, 0) is 19.1 Å². The van der Waals surface area contributed by atoms with Gasteiger partial charge in [0.25, 0.3) is 0 Å². The Morgan fingerprint density at radius 2 is 2.05 bits per heavy atom. The van der Waals surface area contributed by atoms with Crippen molar-refractivity contribution in [2.45, 2.75) is 6.42 Å². The topological polar surface area (TPSA) is 86.0 Å². The van der Waals surface area contributed by atoms with E-state index < -0.39 is 17.9 Å². The largest absolute Gasteiger partial charge is 0.469 e. The first-order chi connectivity index (χ1) is 9.06. The molecule has 7 nitrogen and oxygen atoms in total. The molecule has 1 aromatic heterocycles. The van der Waals surface area contributed by atoms with Crippen molar-refractivity contribution in [1.82, 2.24) is 0 Å². The lowest BCUT2D eigenvalue weighted by Gasteiger charge is -2.12. The van der Waals surface area contributed by atoms with Gasteiger partial charge in [0, 0.05) is 19.0 Å². The summed E-state index contributed by atoms with van der Waals surface area (Å²) in [6.45, 7) is 0.180. The first-order valence-corrected chi connectivity index (χ1v) is 5.63. The van der Waals surface area contributed by atoms with Crippen LogP contribution in [0.15, 0.2) is 16.5 Å². The minimum absolute atomic E-state index is 0.00631. The molecule has 0 aliphatic carbocycles. The van der Waals surface area contributed by atoms with Crippen LogP contribution in [0.5, 0.6) is 0 Å². The number of methoxy groups -OCH3 is 2. The van der Waals surface area contributed by atoms with Crippen LogP contribution in [0, 0.1) is 5.92 Å². The minimum atomic E-state index is -0.623. The predicted molar refractivity (Wildman–Crippen MR) is 62.5 cm³/mol. The van der Waals surface area contributed by atoms with Gasteiger partial charge in [0.05, 0.1) is 20.1 Å². The fourth-order valence-corrected chi connectivity index (χ4v) is 1.93. The van der Waals surface area contributed by atoms with Crippen LogP contribution >= 0.6 is 0 Å². The second kappa shape index (κ2) is 5.13. The first kappa shape index (κ1) is 13.1. The summed E-state index contributed by atoms with van der Waals surface area (Å²) in [5.74, 6) is -1.59. The van der Waals surface area contributed by atoms with Crippen molar-refractivity contribution in [1.29, 1.82) is 0 Å². The smallest absolute Gasteiger partial charge is 0.374 e. The van der Waals surface area contributed by atoms with Gasteiger partial charge in [-0.3, -0.25) is 14.5 Å². The molecule has 0 aromatic carbocycles. The number of esters is 2. The fourth-order valence-electron chi connectivity index (χ4n) is 1.93. The lowest BCUT2D eigenvalue weighted by molar-refractivity contribution is -0.145. The number of nitrogens with zero attached hydrogens (tertiary/aromatic N) is 1. The maximum Gasteiger partial charge on any atom is 0.374 e. The molecule has 1 fully saturated rings. The molecule has 0 radical (unpaired) electrons. The summed E-state index contributed by atoms with van der Waals surface area (Å²) in [6.07, 6.45) is 0.0704. The van der Waals surface area contributed by atoms with E-state index in [0.29, 0.717) is 0 Å². The normalized spacial score (nSPS) is 18.5. The summed E-state index contributed by atoms with van der Waals surface area (Å²) < 4.78 is 14.3. The molecule has 1 aromatic rings. The molecule has 1 amide bonds. The van der Waals surface area contributed by atoms with Gasteiger partial charge in [-0.1, -0.05) is 0 Å². The van der Waals surface area contributed by atoms with Gasteiger partial charge in [0.15, 0.2) is 0 Å². The molecular formula is C12H13NO6. The number of carbonyl (C=O) groups is 3. The monoisotopic (exact) mass is 267 g/mol. The van der Waals surface area contributed by atoms with E-state index in [4.69, 9.17) is 4.42 Å². The van der Waals surface area contributed by atoms with Crippen molar-refractivity contribution in [2.24, 2.45) is 5.92 Å². The van der Waals surface area contributed by atoms with Gasteiger partial charge < -0.3 is 13.9 Å². The maximum atomic E-state index is 11.8. The van der Waals surface area contributed by atoms with E-state index in [-0.39, 0.29) is 30.5 Å². The zero-order valence-electron chi connectivity index (χ0n) is 10.5. The lowest BCUT2D eigenvalue weighted by Crippen LogP contribution is -2.25. The third-order valence-corrected chi connectivity index (χ3v) is 2.90.